The summed E-state index contributed by atoms with van der Waals surface area (Å²) in [6.07, 6.45) is 0.401. The predicted molar refractivity (Wildman–Crippen MR) is 112 cm³/mol. The number of rotatable bonds is 3. The summed E-state index contributed by atoms with van der Waals surface area (Å²) >= 11 is 0. The molecule has 0 aliphatic carbocycles. The van der Waals surface area contributed by atoms with Crippen LogP contribution in [0.4, 0.5) is 0 Å². The zero-order valence-corrected chi connectivity index (χ0v) is 17.7. The van der Waals surface area contributed by atoms with Gasteiger partial charge in [-0.1, -0.05) is 54.1 Å². The summed E-state index contributed by atoms with van der Waals surface area (Å²) in [5.74, 6) is 0.00432. The van der Waals surface area contributed by atoms with Gasteiger partial charge in [0.1, 0.15) is 12.7 Å². The van der Waals surface area contributed by atoms with E-state index in [4.69, 9.17) is 14.2 Å². The van der Waals surface area contributed by atoms with Crippen molar-refractivity contribution in [1.82, 2.24) is 0 Å². The van der Waals surface area contributed by atoms with Crippen LogP contribution >= 0.6 is 0 Å². The fraction of sp³-hybridized carbons (Fsp3) is 0.480. The summed E-state index contributed by atoms with van der Waals surface area (Å²) in [7, 11) is 0. The molecule has 0 amide bonds. The monoisotopic (exact) mass is 394 g/mol. The number of carbonyl (C=O) groups is 1. The summed E-state index contributed by atoms with van der Waals surface area (Å²) in [6.45, 7) is 8.45. The van der Waals surface area contributed by atoms with Gasteiger partial charge in [-0.25, -0.2) is 0 Å². The largest absolute Gasteiger partial charge is 0.462 e. The van der Waals surface area contributed by atoms with Crippen molar-refractivity contribution >= 4 is 5.97 Å². The van der Waals surface area contributed by atoms with Gasteiger partial charge in [0.25, 0.3) is 0 Å². The van der Waals surface area contributed by atoms with Crippen molar-refractivity contribution in [2.24, 2.45) is 5.41 Å². The van der Waals surface area contributed by atoms with Crippen LogP contribution in [0.25, 0.3) is 0 Å². The van der Waals surface area contributed by atoms with Gasteiger partial charge in [0.15, 0.2) is 0 Å². The maximum absolute atomic E-state index is 12.3. The van der Waals surface area contributed by atoms with Crippen molar-refractivity contribution in [2.75, 3.05) is 6.61 Å². The molecular weight excluding hydrogens is 364 g/mol. The lowest BCUT2D eigenvalue weighted by Gasteiger charge is -2.45. The first-order valence-electron chi connectivity index (χ1n) is 10.4. The van der Waals surface area contributed by atoms with E-state index in [1.54, 1.807) is 0 Å². The third-order valence-electron chi connectivity index (χ3n) is 5.90. The average Bonchev–Trinajstić information content (AvgIpc) is 2.71. The molecule has 0 saturated carbocycles. The van der Waals surface area contributed by atoms with Gasteiger partial charge in [-0.05, 0) is 50.8 Å². The Morgan fingerprint density at radius 3 is 2.55 bits per heavy atom. The van der Waals surface area contributed by atoms with Gasteiger partial charge in [-0.15, -0.1) is 0 Å². The smallest absolute Gasteiger partial charge is 0.311 e. The Balaban J connectivity index is 1.61. The fourth-order valence-electron chi connectivity index (χ4n) is 4.21. The molecule has 1 fully saturated rings. The lowest BCUT2D eigenvalue weighted by Crippen LogP contribution is -2.47. The second-order valence-corrected chi connectivity index (χ2v) is 9.24. The standard InChI is InChI=1S/C25H30O4/c1-16-9-11-17(12-10-16)21-13-20-19-8-6-5-7-18(19)14-27-23(20)22(29-21)15-28-24(26)25(2,3)4/h5-12,20-23H,13-15H2,1-4H3/t20-,21+,22+,23-/m0/s1. The number of esters is 1. The van der Waals surface area contributed by atoms with Gasteiger partial charge >= 0.3 is 5.97 Å². The molecule has 0 aromatic heterocycles. The molecule has 29 heavy (non-hydrogen) atoms. The second kappa shape index (κ2) is 7.92. The molecule has 2 aliphatic rings. The predicted octanol–water partition coefficient (Wildman–Crippen LogP) is 5.10. The van der Waals surface area contributed by atoms with Gasteiger partial charge in [-0.2, -0.15) is 0 Å². The summed E-state index contributed by atoms with van der Waals surface area (Å²) in [5, 5.41) is 0. The molecule has 2 aliphatic heterocycles. The topological polar surface area (TPSA) is 44.8 Å². The Kier molecular flexibility index (Phi) is 5.50. The van der Waals surface area contributed by atoms with Crippen molar-refractivity contribution in [3.8, 4) is 0 Å². The molecule has 0 radical (unpaired) electrons. The van der Waals surface area contributed by atoms with Crippen molar-refractivity contribution in [1.29, 1.82) is 0 Å². The molecule has 4 rings (SSSR count). The normalized spacial score (nSPS) is 26.3. The number of hydrogen-bond acceptors (Lipinski definition) is 4. The highest BCUT2D eigenvalue weighted by molar-refractivity contribution is 5.75. The van der Waals surface area contributed by atoms with Gasteiger partial charge in [0.2, 0.25) is 0 Å². The quantitative estimate of drug-likeness (QED) is 0.680. The Morgan fingerprint density at radius 1 is 1.10 bits per heavy atom. The van der Waals surface area contributed by atoms with E-state index in [1.807, 2.05) is 20.8 Å². The molecule has 2 aromatic rings. The molecule has 0 spiro atoms. The van der Waals surface area contributed by atoms with Gasteiger partial charge in [-0.3, -0.25) is 4.79 Å². The van der Waals surface area contributed by atoms with E-state index in [0.717, 1.165) is 12.0 Å². The van der Waals surface area contributed by atoms with Crippen LogP contribution in [-0.2, 0) is 25.6 Å². The molecule has 2 heterocycles. The molecule has 0 unspecified atom stereocenters. The molecule has 2 aromatic carbocycles. The maximum atomic E-state index is 12.3. The molecule has 0 N–H and O–H groups in total. The van der Waals surface area contributed by atoms with E-state index in [-0.39, 0.29) is 36.8 Å². The summed E-state index contributed by atoms with van der Waals surface area (Å²) in [5.41, 5.74) is 4.42. The molecule has 4 atom stereocenters. The van der Waals surface area contributed by atoms with Crippen LogP contribution in [0, 0.1) is 12.3 Å². The third kappa shape index (κ3) is 4.24. The van der Waals surface area contributed by atoms with E-state index in [1.165, 1.54) is 16.7 Å². The van der Waals surface area contributed by atoms with E-state index < -0.39 is 5.41 Å². The highest BCUT2D eigenvalue weighted by Gasteiger charge is 2.44. The summed E-state index contributed by atoms with van der Waals surface area (Å²) < 4.78 is 18.3. The number of aryl methyl sites for hydroxylation is 1. The van der Waals surface area contributed by atoms with E-state index in [2.05, 4.69) is 55.5 Å². The minimum atomic E-state index is -0.537. The van der Waals surface area contributed by atoms with Crippen molar-refractivity contribution in [3.63, 3.8) is 0 Å². The zero-order chi connectivity index (χ0) is 20.6. The van der Waals surface area contributed by atoms with Crippen LogP contribution < -0.4 is 0 Å². The molecule has 154 valence electrons. The summed E-state index contributed by atoms with van der Waals surface area (Å²) in [6, 6.07) is 17.0. The lowest BCUT2D eigenvalue weighted by atomic mass is 9.78. The minimum absolute atomic E-state index is 0.0510. The van der Waals surface area contributed by atoms with E-state index >= 15 is 0 Å². The number of fused-ring (bicyclic) bond motifs is 3. The lowest BCUT2D eigenvalue weighted by molar-refractivity contribution is -0.190. The minimum Gasteiger partial charge on any atom is -0.462 e. The van der Waals surface area contributed by atoms with Crippen LogP contribution in [0.2, 0.25) is 0 Å². The van der Waals surface area contributed by atoms with Crippen molar-refractivity contribution in [3.05, 3.63) is 70.8 Å². The SMILES string of the molecule is Cc1ccc([C@H]2C[C@H]3c4ccccc4CO[C@@H]3[C@@H](COC(=O)C(C)(C)C)O2)cc1. The van der Waals surface area contributed by atoms with Crippen LogP contribution in [0.5, 0.6) is 0 Å². The Morgan fingerprint density at radius 2 is 1.83 bits per heavy atom. The highest BCUT2D eigenvalue weighted by atomic mass is 16.6. The molecule has 4 nitrogen and oxygen atoms in total. The molecule has 0 bridgehead atoms. The van der Waals surface area contributed by atoms with Crippen molar-refractivity contribution in [2.45, 2.75) is 65.0 Å². The molecule has 4 heteroatoms. The third-order valence-corrected chi connectivity index (χ3v) is 5.90. The van der Waals surface area contributed by atoms with Crippen molar-refractivity contribution < 1.29 is 19.0 Å². The Labute approximate surface area is 173 Å². The van der Waals surface area contributed by atoms with Gasteiger partial charge in [0, 0.05) is 5.92 Å². The Bertz CT molecular complexity index is 865. The van der Waals surface area contributed by atoms with Crippen LogP contribution in [0.15, 0.2) is 48.5 Å². The van der Waals surface area contributed by atoms with Gasteiger partial charge < -0.3 is 14.2 Å². The number of ether oxygens (including phenoxy) is 3. The number of benzene rings is 2. The number of carbonyl (C=O) groups excluding carboxylic acids is 1. The van der Waals surface area contributed by atoms with Crippen LogP contribution in [-0.4, -0.2) is 24.8 Å². The first-order chi connectivity index (χ1) is 13.8. The molecular formula is C25H30O4. The fourth-order valence-corrected chi connectivity index (χ4v) is 4.21. The molecule has 1 saturated heterocycles. The van der Waals surface area contributed by atoms with E-state index in [9.17, 15) is 4.79 Å². The summed E-state index contributed by atoms with van der Waals surface area (Å²) in [4.78, 5) is 12.3. The number of hydrogen-bond donors (Lipinski definition) is 0. The first kappa shape index (κ1) is 20.1. The zero-order valence-electron chi connectivity index (χ0n) is 17.7. The van der Waals surface area contributed by atoms with Crippen LogP contribution in [0.1, 0.15) is 61.5 Å². The second-order valence-electron chi connectivity index (χ2n) is 9.24. The van der Waals surface area contributed by atoms with E-state index in [0.29, 0.717) is 6.61 Å². The Hall–Kier alpha value is -2.17. The highest BCUT2D eigenvalue weighted by Crippen LogP contribution is 2.45. The average molecular weight is 395 g/mol. The van der Waals surface area contributed by atoms with Crippen LogP contribution in [0.3, 0.4) is 0 Å². The van der Waals surface area contributed by atoms with Gasteiger partial charge in [0.05, 0.1) is 24.2 Å². The first-order valence-corrected chi connectivity index (χ1v) is 10.4. The maximum Gasteiger partial charge on any atom is 0.311 e.